The highest BCUT2D eigenvalue weighted by Crippen LogP contribution is 2.35. The largest absolute Gasteiger partial charge is 0.493 e. The van der Waals surface area contributed by atoms with Crippen LogP contribution >= 0.6 is 0 Å². The van der Waals surface area contributed by atoms with Crippen LogP contribution in [0.3, 0.4) is 0 Å². The van der Waals surface area contributed by atoms with Crippen LogP contribution in [-0.2, 0) is 4.74 Å². The van der Waals surface area contributed by atoms with Crippen LogP contribution in [0.2, 0.25) is 0 Å². The maximum atomic E-state index is 6.01. The standard InChI is InChI=1S/C13H20N2O3/c1-8-10(4-5-18-8)15-11-7-13(17-3)12(16-2)6-9(11)14/h6-8,10,15H,4-5,14H2,1-3H3. The molecule has 0 amide bonds. The fraction of sp³-hybridized carbons (Fsp3) is 0.538. The second-order valence-electron chi connectivity index (χ2n) is 4.41. The number of hydrogen-bond donors (Lipinski definition) is 2. The average molecular weight is 252 g/mol. The summed E-state index contributed by atoms with van der Waals surface area (Å²) in [5, 5.41) is 3.40. The highest BCUT2D eigenvalue weighted by atomic mass is 16.5. The zero-order chi connectivity index (χ0) is 13.1. The summed E-state index contributed by atoms with van der Waals surface area (Å²) in [7, 11) is 3.20. The van der Waals surface area contributed by atoms with Crippen molar-refractivity contribution < 1.29 is 14.2 Å². The van der Waals surface area contributed by atoms with Gasteiger partial charge in [-0.25, -0.2) is 0 Å². The van der Waals surface area contributed by atoms with E-state index in [0.717, 1.165) is 18.7 Å². The Hall–Kier alpha value is -1.62. The van der Waals surface area contributed by atoms with Crippen molar-refractivity contribution in [1.82, 2.24) is 0 Å². The Bertz CT molecular complexity index is 423. The lowest BCUT2D eigenvalue weighted by Gasteiger charge is -2.20. The summed E-state index contributed by atoms with van der Waals surface area (Å²) >= 11 is 0. The van der Waals surface area contributed by atoms with Gasteiger partial charge in [0.1, 0.15) is 0 Å². The second kappa shape index (κ2) is 5.35. The number of nitrogen functional groups attached to an aromatic ring is 1. The van der Waals surface area contributed by atoms with Crippen LogP contribution in [0.4, 0.5) is 11.4 Å². The van der Waals surface area contributed by atoms with E-state index in [1.54, 1.807) is 20.3 Å². The van der Waals surface area contributed by atoms with E-state index in [1.165, 1.54) is 0 Å². The minimum Gasteiger partial charge on any atom is -0.493 e. The molecule has 0 saturated carbocycles. The van der Waals surface area contributed by atoms with Crippen molar-refractivity contribution in [1.29, 1.82) is 0 Å². The monoisotopic (exact) mass is 252 g/mol. The lowest BCUT2D eigenvalue weighted by Crippen LogP contribution is -2.27. The van der Waals surface area contributed by atoms with Gasteiger partial charge in [-0.2, -0.15) is 0 Å². The number of ether oxygens (including phenoxy) is 3. The molecule has 100 valence electrons. The molecule has 0 radical (unpaired) electrons. The number of methoxy groups -OCH3 is 2. The fourth-order valence-corrected chi connectivity index (χ4v) is 2.14. The number of nitrogens with two attached hydrogens (primary N) is 1. The molecule has 18 heavy (non-hydrogen) atoms. The molecule has 1 heterocycles. The van der Waals surface area contributed by atoms with Gasteiger partial charge in [-0.15, -0.1) is 0 Å². The molecule has 1 fully saturated rings. The Labute approximate surface area is 107 Å². The van der Waals surface area contributed by atoms with Crippen LogP contribution in [0.15, 0.2) is 12.1 Å². The predicted octanol–water partition coefficient (Wildman–Crippen LogP) is 1.88. The molecule has 1 aromatic carbocycles. The SMILES string of the molecule is COc1cc(N)c(NC2CCOC2C)cc1OC. The van der Waals surface area contributed by atoms with Crippen molar-refractivity contribution in [3.63, 3.8) is 0 Å². The van der Waals surface area contributed by atoms with Gasteiger partial charge in [0.05, 0.1) is 37.7 Å². The third-order valence-corrected chi connectivity index (χ3v) is 3.27. The van der Waals surface area contributed by atoms with Gasteiger partial charge in [0, 0.05) is 18.7 Å². The molecule has 1 aliphatic heterocycles. The maximum Gasteiger partial charge on any atom is 0.162 e. The van der Waals surface area contributed by atoms with E-state index < -0.39 is 0 Å². The lowest BCUT2D eigenvalue weighted by atomic mass is 10.1. The number of anilines is 2. The molecule has 5 heteroatoms. The third kappa shape index (κ3) is 2.46. The molecule has 5 nitrogen and oxygen atoms in total. The zero-order valence-corrected chi connectivity index (χ0v) is 11.0. The van der Waals surface area contributed by atoms with Crippen molar-refractivity contribution in [2.45, 2.75) is 25.5 Å². The fourth-order valence-electron chi connectivity index (χ4n) is 2.14. The third-order valence-electron chi connectivity index (χ3n) is 3.27. The van der Waals surface area contributed by atoms with Crippen LogP contribution in [0.5, 0.6) is 11.5 Å². The summed E-state index contributed by atoms with van der Waals surface area (Å²) in [5.41, 5.74) is 7.51. The summed E-state index contributed by atoms with van der Waals surface area (Å²) < 4.78 is 16.0. The van der Waals surface area contributed by atoms with Gasteiger partial charge >= 0.3 is 0 Å². The highest BCUT2D eigenvalue weighted by Gasteiger charge is 2.24. The van der Waals surface area contributed by atoms with Gasteiger partial charge in [0.2, 0.25) is 0 Å². The molecule has 3 N–H and O–H groups in total. The lowest BCUT2D eigenvalue weighted by molar-refractivity contribution is 0.121. The topological polar surface area (TPSA) is 65.7 Å². The first-order chi connectivity index (χ1) is 8.65. The van der Waals surface area contributed by atoms with E-state index in [2.05, 4.69) is 12.2 Å². The van der Waals surface area contributed by atoms with Crippen molar-refractivity contribution in [2.75, 3.05) is 31.9 Å². The molecular weight excluding hydrogens is 232 g/mol. The molecule has 0 spiro atoms. The van der Waals surface area contributed by atoms with E-state index in [1.807, 2.05) is 6.07 Å². The van der Waals surface area contributed by atoms with Gasteiger partial charge in [-0.05, 0) is 13.3 Å². The molecule has 0 bridgehead atoms. The first kappa shape index (κ1) is 12.8. The van der Waals surface area contributed by atoms with E-state index >= 15 is 0 Å². The van der Waals surface area contributed by atoms with E-state index in [0.29, 0.717) is 17.2 Å². The smallest absolute Gasteiger partial charge is 0.162 e. The number of benzene rings is 1. The van der Waals surface area contributed by atoms with Crippen molar-refractivity contribution in [3.05, 3.63) is 12.1 Å². The van der Waals surface area contributed by atoms with E-state index in [9.17, 15) is 0 Å². The molecule has 2 unspecified atom stereocenters. The first-order valence-electron chi connectivity index (χ1n) is 6.05. The van der Waals surface area contributed by atoms with Gasteiger partial charge < -0.3 is 25.3 Å². The van der Waals surface area contributed by atoms with E-state index in [4.69, 9.17) is 19.9 Å². The zero-order valence-electron chi connectivity index (χ0n) is 11.0. The molecule has 1 aromatic rings. The Morgan fingerprint density at radius 3 is 2.50 bits per heavy atom. The summed E-state index contributed by atoms with van der Waals surface area (Å²) in [4.78, 5) is 0. The molecule has 2 rings (SSSR count). The summed E-state index contributed by atoms with van der Waals surface area (Å²) in [6, 6.07) is 3.91. The Morgan fingerprint density at radius 1 is 1.28 bits per heavy atom. The summed E-state index contributed by atoms with van der Waals surface area (Å²) in [5.74, 6) is 1.30. The van der Waals surface area contributed by atoms with Crippen LogP contribution in [0.25, 0.3) is 0 Å². The molecule has 0 aromatic heterocycles. The molecular formula is C13H20N2O3. The number of rotatable bonds is 4. The second-order valence-corrected chi connectivity index (χ2v) is 4.41. The summed E-state index contributed by atoms with van der Waals surface area (Å²) in [6.45, 7) is 2.84. The minimum absolute atomic E-state index is 0.192. The Kier molecular flexibility index (Phi) is 3.81. The quantitative estimate of drug-likeness (QED) is 0.801. The van der Waals surface area contributed by atoms with Gasteiger partial charge in [0.25, 0.3) is 0 Å². The summed E-state index contributed by atoms with van der Waals surface area (Å²) in [6.07, 6.45) is 1.17. The van der Waals surface area contributed by atoms with Crippen molar-refractivity contribution in [3.8, 4) is 11.5 Å². The van der Waals surface area contributed by atoms with Gasteiger partial charge in [-0.1, -0.05) is 0 Å². The van der Waals surface area contributed by atoms with Crippen molar-refractivity contribution in [2.24, 2.45) is 0 Å². The van der Waals surface area contributed by atoms with Crippen LogP contribution in [-0.4, -0.2) is 33.0 Å². The molecule has 1 aliphatic rings. The average Bonchev–Trinajstić information content (AvgIpc) is 2.77. The van der Waals surface area contributed by atoms with Gasteiger partial charge in [-0.3, -0.25) is 0 Å². The van der Waals surface area contributed by atoms with Crippen LogP contribution in [0.1, 0.15) is 13.3 Å². The Morgan fingerprint density at radius 2 is 1.94 bits per heavy atom. The minimum atomic E-state index is 0.192. The molecule has 2 atom stereocenters. The van der Waals surface area contributed by atoms with Crippen LogP contribution in [0, 0.1) is 0 Å². The normalized spacial score (nSPS) is 22.8. The number of hydrogen-bond acceptors (Lipinski definition) is 5. The first-order valence-corrected chi connectivity index (χ1v) is 6.05. The maximum absolute atomic E-state index is 6.01. The highest BCUT2D eigenvalue weighted by molar-refractivity contribution is 5.72. The van der Waals surface area contributed by atoms with Crippen LogP contribution < -0.4 is 20.5 Å². The Balaban J connectivity index is 2.22. The predicted molar refractivity (Wildman–Crippen MR) is 71.4 cm³/mol. The van der Waals surface area contributed by atoms with Gasteiger partial charge in [0.15, 0.2) is 11.5 Å². The molecule has 1 saturated heterocycles. The number of nitrogens with one attached hydrogen (secondary N) is 1. The van der Waals surface area contributed by atoms with Crippen molar-refractivity contribution >= 4 is 11.4 Å². The van der Waals surface area contributed by atoms with E-state index in [-0.39, 0.29) is 12.1 Å². The molecule has 0 aliphatic carbocycles.